The van der Waals surface area contributed by atoms with Gasteiger partial charge in [0.25, 0.3) is 0 Å². The molecule has 1 nitrogen and oxygen atoms in total. The zero-order valence-corrected chi connectivity index (χ0v) is 33.2. The van der Waals surface area contributed by atoms with Crippen molar-refractivity contribution in [3.8, 4) is 44.5 Å². The van der Waals surface area contributed by atoms with E-state index < -0.39 is 0 Å². The largest absolute Gasteiger partial charge is 0.455 e. The smallest absolute Gasteiger partial charge is 0.143 e. The Kier molecular flexibility index (Phi) is 7.37. The summed E-state index contributed by atoms with van der Waals surface area (Å²) in [5, 5.41) is 17.1. The molecule has 0 radical (unpaired) electrons. The summed E-state index contributed by atoms with van der Waals surface area (Å²) in [6.07, 6.45) is 0. The Morgan fingerprint density at radius 1 is 0.230 bits per heavy atom. The molecule has 282 valence electrons. The molecule has 13 aromatic rings. The molecule has 1 heteroatoms. The standard InChI is InChI=1S/C60H36O/c1-3-16-39-34-41(30-28-37(39)14-1)56-44-18-5-7-20-46(44)58(47-21-8-6-19-45(47)56)43-32-33-55-54(36-43)52-26-13-27-53(60(52)61-55)59-50-24-11-9-22-48(50)57(49-23-10-12-25-51(49)59)42-31-29-38-15-2-4-17-40(38)35-42/h1-36H. The van der Waals surface area contributed by atoms with Gasteiger partial charge < -0.3 is 4.42 Å². The maximum Gasteiger partial charge on any atom is 0.143 e. The summed E-state index contributed by atoms with van der Waals surface area (Å²) in [7, 11) is 0. The molecule has 0 saturated carbocycles. The molecule has 0 atom stereocenters. The second kappa shape index (κ2) is 13.3. The van der Waals surface area contributed by atoms with Gasteiger partial charge in [0.15, 0.2) is 0 Å². The maximum atomic E-state index is 6.98. The van der Waals surface area contributed by atoms with Crippen LogP contribution in [-0.4, -0.2) is 0 Å². The van der Waals surface area contributed by atoms with Crippen LogP contribution < -0.4 is 0 Å². The van der Waals surface area contributed by atoms with E-state index in [1.54, 1.807) is 0 Å². The molecule has 0 N–H and O–H groups in total. The van der Waals surface area contributed by atoms with E-state index in [4.69, 9.17) is 4.42 Å². The molecule has 1 aromatic heterocycles. The molecule has 0 aliphatic rings. The third kappa shape index (κ3) is 5.14. The van der Waals surface area contributed by atoms with Crippen molar-refractivity contribution in [3.63, 3.8) is 0 Å². The van der Waals surface area contributed by atoms with E-state index >= 15 is 0 Å². The molecule has 0 unspecified atom stereocenters. The van der Waals surface area contributed by atoms with E-state index in [2.05, 4.69) is 218 Å². The lowest BCUT2D eigenvalue weighted by atomic mass is 9.85. The van der Waals surface area contributed by atoms with Crippen molar-refractivity contribution >= 4 is 86.6 Å². The molecule has 0 aliphatic carbocycles. The molecular formula is C60H36O. The third-order valence-electron chi connectivity index (χ3n) is 13.0. The normalized spacial score (nSPS) is 11.9. The lowest BCUT2D eigenvalue weighted by Gasteiger charge is -2.18. The van der Waals surface area contributed by atoms with Crippen molar-refractivity contribution in [3.05, 3.63) is 218 Å². The Balaban J connectivity index is 1.04. The summed E-state index contributed by atoms with van der Waals surface area (Å²) in [5.41, 5.74) is 11.5. The Hall–Kier alpha value is -8.00. The van der Waals surface area contributed by atoms with Crippen LogP contribution in [0.1, 0.15) is 0 Å². The Bertz CT molecular complexity index is 3830. The highest BCUT2D eigenvalue weighted by Crippen LogP contribution is 2.49. The van der Waals surface area contributed by atoms with Gasteiger partial charge in [0.1, 0.15) is 11.2 Å². The summed E-state index contributed by atoms with van der Waals surface area (Å²) >= 11 is 0. The van der Waals surface area contributed by atoms with E-state index in [1.165, 1.54) is 104 Å². The fourth-order valence-electron chi connectivity index (χ4n) is 10.3. The molecule has 61 heavy (non-hydrogen) atoms. The molecule has 0 amide bonds. The average molecular weight is 773 g/mol. The van der Waals surface area contributed by atoms with Gasteiger partial charge >= 0.3 is 0 Å². The van der Waals surface area contributed by atoms with Crippen LogP contribution in [0.3, 0.4) is 0 Å². The van der Waals surface area contributed by atoms with Crippen molar-refractivity contribution < 1.29 is 4.42 Å². The molecule has 0 aliphatic heterocycles. The van der Waals surface area contributed by atoms with E-state index in [9.17, 15) is 0 Å². The minimum absolute atomic E-state index is 0.883. The highest BCUT2D eigenvalue weighted by atomic mass is 16.3. The van der Waals surface area contributed by atoms with Gasteiger partial charge in [0.2, 0.25) is 0 Å². The van der Waals surface area contributed by atoms with Crippen LogP contribution in [0.5, 0.6) is 0 Å². The topological polar surface area (TPSA) is 13.1 Å². The summed E-state index contributed by atoms with van der Waals surface area (Å²) in [6.45, 7) is 0. The lowest BCUT2D eigenvalue weighted by Crippen LogP contribution is -1.91. The first-order valence-electron chi connectivity index (χ1n) is 21.1. The van der Waals surface area contributed by atoms with Gasteiger partial charge in [-0.1, -0.05) is 194 Å². The Morgan fingerprint density at radius 2 is 0.590 bits per heavy atom. The van der Waals surface area contributed by atoms with E-state index in [-0.39, 0.29) is 0 Å². The molecule has 0 spiro atoms. The summed E-state index contributed by atoms with van der Waals surface area (Å²) in [4.78, 5) is 0. The number of hydrogen-bond acceptors (Lipinski definition) is 1. The van der Waals surface area contributed by atoms with Crippen LogP contribution in [0.2, 0.25) is 0 Å². The second-order valence-corrected chi connectivity index (χ2v) is 16.3. The van der Waals surface area contributed by atoms with E-state index in [0.29, 0.717) is 0 Å². The monoisotopic (exact) mass is 772 g/mol. The SMILES string of the molecule is c1ccc2cc(-c3c4ccccc4c(-c4ccc5oc6c(-c7c8ccccc8c(-c8ccc9ccccc9c8)c8ccccc78)cccc6c5c4)c4ccccc34)ccc2c1. The quantitative estimate of drug-likeness (QED) is 0.162. The predicted octanol–water partition coefficient (Wildman–Crippen LogP) is 17.2. The molecule has 12 aromatic carbocycles. The van der Waals surface area contributed by atoms with Gasteiger partial charge in [0.05, 0.1) is 0 Å². The minimum atomic E-state index is 0.883. The van der Waals surface area contributed by atoms with Crippen LogP contribution in [0.4, 0.5) is 0 Å². The predicted molar refractivity (Wildman–Crippen MR) is 260 cm³/mol. The molecule has 13 rings (SSSR count). The van der Waals surface area contributed by atoms with Crippen LogP contribution in [0.25, 0.3) is 131 Å². The fourth-order valence-corrected chi connectivity index (χ4v) is 10.3. The highest BCUT2D eigenvalue weighted by molar-refractivity contribution is 6.26. The average Bonchev–Trinajstić information content (AvgIpc) is 3.70. The van der Waals surface area contributed by atoms with Gasteiger partial charge in [-0.25, -0.2) is 0 Å². The van der Waals surface area contributed by atoms with Crippen LogP contribution in [0, 0.1) is 0 Å². The minimum Gasteiger partial charge on any atom is -0.455 e. The number of rotatable bonds is 4. The maximum absolute atomic E-state index is 6.98. The van der Waals surface area contributed by atoms with Gasteiger partial charge in [-0.15, -0.1) is 0 Å². The van der Waals surface area contributed by atoms with Crippen LogP contribution in [0.15, 0.2) is 223 Å². The summed E-state index contributed by atoms with van der Waals surface area (Å²) in [6, 6.07) is 80.0. The Labute approximate surface area is 352 Å². The highest BCUT2D eigenvalue weighted by Gasteiger charge is 2.22. The fraction of sp³-hybridized carbons (Fsp3) is 0. The number of benzene rings is 12. The number of hydrogen-bond donors (Lipinski definition) is 0. The van der Waals surface area contributed by atoms with Crippen molar-refractivity contribution in [2.24, 2.45) is 0 Å². The zero-order chi connectivity index (χ0) is 40.0. The van der Waals surface area contributed by atoms with Crippen LogP contribution in [-0.2, 0) is 0 Å². The van der Waals surface area contributed by atoms with Gasteiger partial charge in [-0.3, -0.25) is 0 Å². The molecule has 0 fully saturated rings. The Morgan fingerprint density at radius 3 is 1.05 bits per heavy atom. The molecular weight excluding hydrogens is 737 g/mol. The van der Waals surface area contributed by atoms with Crippen molar-refractivity contribution in [2.45, 2.75) is 0 Å². The van der Waals surface area contributed by atoms with E-state index in [1.807, 2.05) is 0 Å². The zero-order valence-electron chi connectivity index (χ0n) is 33.2. The first-order chi connectivity index (χ1) is 30.3. The number of para-hydroxylation sites is 1. The third-order valence-corrected chi connectivity index (χ3v) is 13.0. The van der Waals surface area contributed by atoms with Gasteiger partial charge in [-0.2, -0.15) is 0 Å². The summed E-state index contributed by atoms with van der Waals surface area (Å²) < 4.78 is 6.98. The van der Waals surface area contributed by atoms with E-state index in [0.717, 1.165) is 27.5 Å². The van der Waals surface area contributed by atoms with Gasteiger partial charge in [0, 0.05) is 21.9 Å². The lowest BCUT2D eigenvalue weighted by molar-refractivity contribution is 0.670. The molecule has 1 heterocycles. The van der Waals surface area contributed by atoms with Crippen molar-refractivity contribution in [1.29, 1.82) is 0 Å². The first-order valence-corrected chi connectivity index (χ1v) is 21.1. The number of fused-ring (bicyclic) bond motifs is 9. The van der Waals surface area contributed by atoms with Crippen molar-refractivity contribution in [2.75, 3.05) is 0 Å². The summed E-state index contributed by atoms with van der Waals surface area (Å²) in [5.74, 6) is 0. The molecule has 0 saturated heterocycles. The first kappa shape index (κ1) is 33.9. The molecule has 0 bridgehead atoms. The number of furan rings is 1. The second-order valence-electron chi connectivity index (χ2n) is 16.3. The van der Waals surface area contributed by atoms with Crippen LogP contribution >= 0.6 is 0 Å². The van der Waals surface area contributed by atoms with Gasteiger partial charge in [-0.05, 0) is 122 Å². The van der Waals surface area contributed by atoms with Crippen molar-refractivity contribution in [1.82, 2.24) is 0 Å².